The number of hydrogen-bond donors (Lipinski definition) is 11. The first kappa shape index (κ1) is 33.2. The summed E-state index contributed by atoms with van der Waals surface area (Å²) in [6.45, 7) is 0.405. The second-order valence-corrected chi connectivity index (χ2v) is 8.17. The highest BCUT2D eigenvalue weighted by Gasteiger charge is 2.30. The number of amides is 3. The molecular formula is C19H36N10O7S. The van der Waals surface area contributed by atoms with Crippen molar-refractivity contribution in [2.45, 2.75) is 56.3 Å². The van der Waals surface area contributed by atoms with Crippen LogP contribution in [0.15, 0.2) is 9.98 Å². The van der Waals surface area contributed by atoms with Crippen LogP contribution in [0.5, 0.6) is 0 Å². The molecule has 15 N–H and O–H groups in total. The van der Waals surface area contributed by atoms with E-state index in [0.29, 0.717) is 6.42 Å². The van der Waals surface area contributed by atoms with E-state index in [1.165, 1.54) is 0 Å². The largest absolute Gasteiger partial charge is 0.481 e. The third kappa shape index (κ3) is 15.0. The number of carbonyl (C=O) groups excluding carboxylic acids is 3. The maximum Gasteiger partial charge on any atom is 0.326 e. The van der Waals surface area contributed by atoms with Gasteiger partial charge in [-0.1, -0.05) is 0 Å². The number of nitrogens with two attached hydrogens (primary N) is 5. The number of thiol groups is 1. The Bertz CT molecular complexity index is 862. The molecule has 17 nitrogen and oxygen atoms in total. The van der Waals surface area contributed by atoms with Gasteiger partial charge in [0.25, 0.3) is 0 Å². The standard InChI is InChI=1S/C19H36N10O7S/c20-9(3-1-5-25-18(21)22)14(32)27-10(4-2-6-26-19(23)24)15(33)29-12(8-37)16(34)28-11(17(35)36)7-13(30)31/h9-12,37H,1-8,20H2,(H,27,32)(H,28,34)(H,29,33)(H,30,31)(H,35,36)(H4,21,22,25)(H4,23,24,26). The van der Waals surface area contributed by atoms with Crippen molar-refractivity contribution in [2.24, 2.45) is 38.7 Å². The minimum atomic E-state index is -1.73. The summed E-state index contributed by atoms with van der Waals surface area (Å²) < 4.78 is 0. The highest BCUT2D eigenvalue weighted by molar-refractivity contribution is 7.80. The van der Waals surface area contributed by atoms with Gasteiger partial charge in [0.15, 0.2) is 11.9 Å². The summed E-state index contributed by atoms with van der Waals surface area (Å²) >= 11 is 3.99. The minimum Gasteiger partial charge on any atom is -0.481 e. The lowest BCUT2D eigenvalue weighted by Crippen LogP contribution is -2.57. The van der Waals surface area contributed by atoms with Gasteiger partial charge in [-0.15, -0.1) is 0 Å². The molecule has 0 aliphatic heterocycles. The lowest BCUT2D eigenvalue weighted by molar-refractivity contribution is -0.147. The fourth-order valence-corrected chi connectivity index (χ4v) is 3.07. The van der Waals surface area contributed by atoms with E-state index < -0.39 is 60.2 Å². The van der Waals surface area contributed by atoms with E-state index in [9.17, 15) is 24.0 Å². The van der Waals surface area contributed by atoms with Crippen molar-refractivity contribution in [3.05, 3.63) is 0 Å². The van der Waals surface area contributed by atoms with Crippen molar-refractivity contribution in [3.63, 3.8) is 0 Å². The number of carboxylic acid groups (broad SMARTS) is 2. The number of aliphatic imine (C=N–C) groups is 2. The van der Waals surface area contributed by atoms with E-state index in [-0.39, 0.29) is 50.0 Å². The van der Waals surface area contributed by atoms with Crippen LogP contribution in [0.25, 0.3) is 0 Å². The van der Waals surface area contributed by atoms with Crippen molar-refractivity contribution in [2.75, 3.05) is 18.8 Å². The molecule has 0 aromatic rings. The Morgan fingerprint density at radius 3 is 1.65 bits per heavy atom. The van der Waals surface area contributed by atoms with Gasteiger partial charge in [0, 0.05) is 18.8 Å². The second kappa shape index (κ2) is 17.6. The van der Waals surface area contributed by atoms with Crippen LogP contribution in [-0.2, 0) is 24.0 Å². The van der Waals surface area contributed by atoms with Crippen molar-refractivity contribution in [3.8, 4) is 0 Å². The molecule has 0 aliphatic carbocycles. The predicted molar refractivity (Wildman–Crippen MR) is 137 cm³/mol. The Labute approximate surface area is 218 Å². The maximum absolute atomic E-state index is 12.9. The first-order valence-electron chi connectivity index (χ1n) is 11.1. The molecule has 0 spiro atoms. The Hall–Kier alpha value is -3.80. The molecule has 0 aliphatic rings. The van der Waals surface area contributed by atoms with Gasteiger partial charge in [0.2, 0.25) is 17.7 Å². The van der Waals surface area contributed by atoms with Gasteiger partial charge in [-0.3, -0.25) is 29.2 Å². The normalized spacial score (nSPS) is 13.7. The highest BCUT2D eigenvalue weighted by Crippen LogP contribution is 2.04. The molecule has 210 valence electrons. The molecule has 0 saturated carbocycles. The van der Waals surface area contributed by atoms with E-state index in [0.717, 1.165) is 0 Å². The van der Waals surface area contributed by atoms with Crippen LogP contribution < -0.4 is 44.6 Å². The fraction of sp³-hybridized carbons (Fsp3) is 0.632. The van der Waals surface area contributed by atoms with Crippen LogP contribution in [0.3, 0.4) is 0 Å². The molecule has 0 aromatic carbocycles. The number of hydrogen-bond acceptors (Lipinski definition) is 9. The first-order chi connectivity index (χ1) is 17.3. The minimum absolute atomic E-state index is 0.0623. The van der Waals surface area contributed by atoms with Crippen LogP contribution in [0.4, 0.5) is 0 Å². The van der Waals surface area contributed by atoms with Crippen LogP contribution >= 0.6 is 12.6 Å². The van der Waals surface area contributed by atoms with E-state index in [1.54, 1.807) is 0 Å². The molecule has 4 atom stereocenters. The summed E-state index contributed by atoms with van der Waals surface area (Å²) in [5, 5.41) is 24.9. The number of rotatable bonds is 18. The van der Waals surface area contributed by atoms with Crippen LogP contribution in [0, 0.1) is 0 Å². The predicted octanol–water partition coefficient (Wildman–Crippen LogP) is -4.64. The number of guanidine groups is 2. The molecule has 0 radical (unpaired) electrons. The zero-order valence-corrected chi connectivity index (χ0v) is 21.0. The quantitative estimate of drug-likeness (QED) is 0.0333. The van der Waals surface area contributed by atoms with E-state index in [4.69, 9.17) is 38.9 Å². The average molecular weight is 549 g/mol. The van der Waals surface area contributed by atoms with Gasteiger partial charge in [-0.2, -0.15) is 12.6 Å². The molecule has 4 unspecified atom stereocenters. The number of nitrogens with one attached hydrogen (secondary N) is 3. The molecule has 0 fully saturated rings. The molecule has 0 aromatic heterocycles. The summed E-state index contributed by atoms with van der Waals surface area (Å²) in [7, 11) is 0. The molecule has 0 heterocycles. The van der Waals surface area contributed by atoms with Crippen LogP contribution in [0.2, 0.25) is 0 Å². The summed E-state index contributed by atoms with van der Waals surface area (Å²) in [5.41, 5.74) is 26.9. The Morgan fingerprint density at radius 1 is 0.730 bits per heavy atom. The molecule has 0 saturated heterocycles. The third-order valence-corrected chi connectivity index (χ3v) is 5.06. The van der Waals surface area contributed by atoms with Crippen molar-refractivity contribution in [1.29, 1.82) is 0 Å². The van der Waals surface area contributed by atoms with Crippen LogP contribution in [-0.4, -0.2) is 94.8 Å². The summed E-state index contributed by atoms with van der Waals surface area (Å²) in [6.07, 6.45) is 0.0721. The van der Waals surface area contributed by atoms with Gasteiger partial charge in [-0.05, 0) is 25.7 Å². The van der Waals surface area contributed by atoms with Gasteiger partial charge in [0.05, 0.1) is 12.5 Å². The molecule has 3 amide bonds. The summed E-state index contributed by atoms with van der Waals surface area (Å²) in [4.78, 5) is 67.6. The van der Waals surface area contributed by atoms with Crippen molar-refractivity contribution in [1.82, 2.24) is 16.0 Å². The van der Waals surface area contributed by atoms with E-state index >= 15 is 0 Å². The number of carboxylic acids is 2. The Kier molecular flexibility index (Phi) is 15.8. The maximum atomic E-state index is 12.9. The lowest BCUT2D eigenvalue weighted by Gasteiger charge is -2.24. The second-order valence-electron chi connectivity index (χ2n) is 7.81. The smallest absolute Gasteiger partial charge is 0.326 e. The zero-order chi connectivity index (χ0) is 28.5. The lowest BCUT2D eigenvalue weighted by atomic mass is 10.1. The van der Waals surface area contributed by atoms with Gasteiger partial charge < -0.3 is 54.8 Å². The van der Waals surface area contributed by atoms with Crippen molar-refractivity contribution < 1.29 is 34.2 Å². The number of aliphatic carboxylic acids is 2. The SMILES string of the molecule is NC(N)=NCCCC(N)C(=O)NC(CCCN=C(N)N)C(=O)NC(CS)C(=O)NC(CC(=O)O)C(=O)O. The summed E-state index contributed by atoms with van der Waals surface area (Å²) in [6, 6.07) is -5.21. The summed E-state index contributed by atoms with van der Waals surface area (Å²) in [5.74, 6) is -5.94. The fourth-order valence-electron chi connectivity index (χ4n) is 2.82. The van der Waals surface area contributed by atoms with Gasteiger partial charge in [0.1, 0.15) is 18.1 Å². The van der Waals surface area contributed by atoms with E-state index in [1.807, 2.05) is 5.32 Å². The Morgan fingerprint density at radius 2 is 1.19 bits per heavy atom. The topological polar surface area (TPSA) is 317 Å². The Balaban J connectivity index is 5.35. The monoisotopic (exact) mass is 548 g/mol. The van der Waals surface area contributed by atoms with Crippen molar-refractivity contribution >= 4 is 54.2 Å². The zero-order valence-electron chi connectivity index (χ0n) is 20.1. The molecular weight excluding hydrogens is 512 g/mol. The first-order valence-corrected chi connectivity index (χ1v) is 11.7. The molecule has 18 heteroatoms. The van der Waals surface area contributed by atoms with Gasteiger partial charge >= 0.3 is 11.9 Å². The van der Waals surface area contributed by atoms with E-state index in [2.05, 4.69) is 33.2 Å². The van der Waals surface area contributed by atoms with Gasteiger partial charge in [-0.25, -0.2) is 4.79 Å². The molecule has 0 rings (SSSR count). The third-order valence-electron chi connectivity index (χ3n) is 4.69. The van der Waals surface area contributed by atoms with Crippen LogP contribution in [0.1, 0.15) is 32.1 Å². The highest BCUT2D eigenvalue weighted by atomic mass is 32.1. The molecule has 0 bridgehead atoms. The number of nitrogens with zero attached hydrogens (tertiary/aromatic N) is 2. The number of carbonyl (C=O) groups is 5. The molecule has 37 heavy (non-hydrogen) atoms. The average Bonchev–Trinajstić information content (AvgIpc) is 2.80.